The van der Waals surface area contributed by atoms with Gasteiger partial charge in [0.1, 0.15) is 0 Å². The molecule has 0 aromatic carbocycles. The van der Waals surface area contributed by atoms with Gasteiger partial charge in [-0.3, -0.25) is 9.80 Å². The summed E-state index contributed by atoms with van der Waals surface area (Å²) in [7, 11) is 0. The molecular formula is C11H22N2O2. The summed E-state index contributed by atoms with van der Waals surface area (Å²) in [5.74, 6) is 0. The first kappa shape index (κ1) is 11.3. The fourth-order valence-electron chi connectivity index (χ4n) is 2.50. The summed E-state index contributed by atoms with van der Waals surface area (Å²) in [5, 5.41) is 0. The average Bonchev–Trinajstić information content (AvgIpc) is 2.33. The molecule has 4 nitrogen and oxygen atoms in total. The second kappa shape index (κ2) is 5.80. The van der Waals surface area contributed by atoms with E-state index in [2.05, 4.69) is 16.7 Å². The van der Waals surface area contributed by atoms with Crippen molar-refractivity contribution in [3.63, 3.8) is 0 Å². The van der Waals surface area contributed by atoms with Crippen LogP contribution in [0.1, 0.15) is 13.3 Å². The Labute approximate surface area is 92.1 Å². The zero-order valence-corrected chi connectivity index (χ0v) is 9.65. The Bertz CT molecular complexity index is 159. The molecule has 0 atom stereocenters. The lowest BCUT2D eigenvalue weighted by molar-refractivity contribution is -0.0667. The number of rotatable bonds is 3. The predicted octanol–water partition coefficient (Wildman–Crippen LogP) is 0.387. The van der Waals surface area contributed by atoms with E-state index in [1.54, 1.807) is 0 Å². The van der Waals surface area contributed by atoms with Crippen molar-refractivity contribution in [1.82, 2.24) is 9.80 Å². The van der Waals surface area contributed by atoms with Crippen molar-refractivity contribution in [1.29, 1.82) is 0 Å². The minimum atomic E-state index is 0.595. The molecule has 0 unspecified atom stereocenters. The van der Waals surface area contributed by atoms with E-state index in [1.165, 1.54) is 6.42 Å². The standard InChI is InChI=1S/C11H22N2O2/c1-2-11(12-3-7-14-8-4-12)13-5-9-15-10-6-13/h11H,2-10H2,1H3. The van der Waals surface area contributed by atoms with Crippen LogP contribution in [0.2, 0.25) is 0 Å². The molecule has 2 rings (SSSR count). The largest absolute Gasteiger partial charge is 0.379 e. The van der Waals surface area contributed by atoms with Crippen molar-refractivity contribution in [2.24, 2.45) is 0 Å². The second-order valence-corrected chi connectivity index (χ2v) is 4.19. The van der Waals surface area contributed by atoms with E-state index in [-0.39, 0.29) is 0 Å². The Hall–Kier alpha value is -0.160. The van der Waals surface area contributed by atoms with Crippen LogP contribution in [0.5, 0.6) is 0 Å². The van der Waals surface area contributed by atoms with E-state index < -0.39 is 0 Å². The molecule has 2 fully saturated rings. The lowest BCUT2D eigenvalue weighted by atomic mass is 10.2. The van der Waals surface area contributed by atoms with Crippen LogP contribution in [0.3, 0.4) is 0 Å². The highest BCUT2D eigenvalue weighted by Gasteiger charge is 2.26. The monoisotopic (exact) mass is 214 g/mol. The quantitative estimate of drug-likeness (QED) is 0.678. The second-order valence-electron chi connectivity index (χ2n) is 4.19. The first-order valence-electron chi connectivity index (χ1n) is 6.05. The lowest BCUT2D eigenvalue weighted by Gasteiger charge is -2.42. The van der Waals surface area contributed by atoms with Crippen molar-refractivity contribution < 1.29 is 9.47 Å². The van der Waals surface area contributed by atoms with Gasteiger partial charge in [-0.2, -0.15) is 0 Å². The molecule has 2 heterocycles. The SMILES string of the molecule is CCC(N1CCOCC1)N1CCOCC1. The Balaban J connectivity index is 1.88. The van der Waals surface area contributed by atoms with Crippen LogP contribution >= 0.6 is 0 Å². The Morgan fingerprint density at radius 2 is 1.27 bits per heavy atom. The summed E-state index contributed by atoms with van der Waals surface area (Å²) >= 11 is 0. The maximum absolute atomic E-state index is 5.40. The fourth-order valence-corrected chi connectivity index (χ4v) is 2.50. The molecule has 0 amide bonds. The summed E-state index contributed by atoms with van der Waals surface area (Å²) in [6.45, 7) is 10.1. The van der Waals surface area contributed by atoms with Crippen LogP contribution in [-0.4, -0.2) is 68.6 Å². The van der Waals surface area contributed by atoms with Gasteiger partial charge in [0.15, 0.2) is 0 Å². The van der Waals surface area contributed by atoms with Gasteiger partial charge in [-0.25, -0.2) is 0 Å². The maximum atomic E-state index is 5.40. The third-order valence-corrected chi connectivity index (χ3v) is 3.30. The van der Waals surface area contributed by atoms with Crippen LogP contribution in [0.4, 0.5) is 0 Å². The molecular weight excluding hydrogens is 192 g/mol. The molecule has 0 aromatic heterocycles. The highest BCUT2D eigenvalue weighted by molar-refractivity contribution is 4.76. The smallest absolute Gasteiger partial charge is 0.0622 e. The van der Waals surface area contributed by atoms with Gasteiger partial charge in [-0.1, -0.05) is 6.92 Å². The summed E-state index contributed by atoms with van der Waals surface area (Å²) in [6, 6.07) is 0. The fraction of sp³-hybridized carbons (Fsp3) is 1.00. The molecule has 2 saturated heterocycles. The topological polar surface area (TPSA) is 24.9 Å². The first-order valence-corrected chi connectivity index (χ1v) is 6.05. The van der Waals surface area contributed by atoms with E-state index in [4.69, 9.17) is 9.47 Å². The van der Waals surface area contributed by atoms with Crippen molar-refractivity contribution >= 4 is 0 Å². The van der Waals surface area contributed by atoms with Crippen molar-refractivity contribution in [2.45, 2.75) is 19.5 Å². The minimum absolute atomic E-state index is 0.595. The molecule has 0 aliphatic carbocycles. The molecule has 0 spiro atoms. The zero-order chi connectivity index (χ0) is 10.5. The number of ether oxygens (including phenoxy) is 2. The van der Waals surface area contributed by atoms with Gasteiger partial charge in [0.05, 0.1) is 32.6 Å². The van der Waals surface area contributed by atoms with E-state index in [1.807, 2.05) is 0 Å². The third kappa shape index (κ3) is 2.91. The predicted molar refractivity (Wildman–Crippen MR) is 58.9 cm³/mol. The van der Waals surface area contributed by atoms with E-state index in [0.717, 1.165) is 52.6 Å². The lowest BCUT2D eigenvalue weighted by Crippen LogP contribution is -2.55. The van der Waals surface area contributed by atoms with Crippen LogP contribution in [0.25, 0.3) is 0 Å². The van der Waals surface area contributed by atoms with Gasteiger partial charge < -0.3 is 9.47 Å². The average molecular weight is 214 g/mol. The van der Waals surface area contributed by atoms with Crippen LogP contribution in [0.15, 0.2) is 0 Å². The molecule has 88 valence electrons. The number of hydrogen-bond donors (Lipinski definition) is 0. The first-order chi connectivity index (χ1) is 7.42. The van der Waals surface area contributed by atoms with Crippen LogP contribution in [-0.2, 0) is 9.47 Å². The molecule has 0 aromatic rings. The summed E-state index contributed by atoms with van der Waals surface area (Å²) in [5.41, 5.74) is 0. The number of nitrogens with zero attached hydrogens (tertiary/aromatic N) is 2. The van der Waals surface area contributed by atoms with Gasteiger partial charge in [-0.05, 0) is 6.42 Å². The van der Waals surface area contributed by atoms with E-state index >= 15 is 0 Å². The highest BCUT2D eigenvalue weighted by atomic mass is 16.5. The van der Waals surface area contributed by atoms with Crippen LogP contribution < -0.4 is 0 Å². The minimum Gasteiger partial charge on any atom is -0.379 e. The number of hydrogen-bond acceptors (Lipinski definition) is 4. The third-order valence-electron chi connectivity index (χ3n) is 3.30. The molecule has 0 radical (unpaired) electrons. The Kier molecular flexibility index (Phi) is 4.38. The molecule has 0 bridgehead atoms. The van der Waals surface area contributed by atoms with Gasteiger partial charge in [0.2, 0.25) is 0 Å². The highest BCUT2D eigenvalue weighted by Crippen LogP contribution is 2.13. The molecule has 2 aliphatic rings. The molecule has 2 aliphatic heterocycles. The summed E-state index contributed by atoms with van der Waals surface area (Å²) < 4.78 is 10.8. The molecule has 4 heteroatoms. The van der Waals surface area contributed by atoms with E-state index in [0.29, 0.717) is 6.17 Å². The molecule has 0 saturated carbocycles. The van der Waals surface area contributed by atoms with Crippen LogP contribution in [0, 0.1) is 0 Å². The molecule has 15 heavy (non-hydrogen) atoms. The van der Waals surface area contributed by atoms with Gasteiger partial charge in [0, 0.05) is 26.2 Å². The van der Waals surface area contributed by atoms with Gasteiger partial charge in [-0.15, -0.1) is 0 Å². The van der Waals surface area contributed by atoms with Crippen molar-refractivity contribution in [3.8, 4) is 0 Å². The molecule has 0 N–H and O–H groups in total. The van der Waals surface area contributed by atoms with E-state index in [9.17, 15) is 0 Å². The van der Waals surface area contributed by atoms with Crippen molar-refractivity contribution in [3.05, 3.63) is 0 Å². The maximum Gasteiger partial charge on any atom is 0.0622 e. The summed E-state index contributed by atoms with van der Waals surface area (Å²) in [4.78, 5) is 5.10. The van der Waals surface area contributed by atoms with Gasteiger partial charge >= 0.3 is 0 Å². The summed E-state index contributed by atoms with van der Waals surface area (Å²) in [6.07, 6.45) is 1.79. The van der Waals surface area contributed by atoms with Gasteiger partial charge in [0.25, 0.3) is 0 Å². The number of morpholine rings is 2. The zero-order valence-electron chi connectivity index (χ0n) is 9.65. The Morgan fingerprint density at radius 3 is 1.60 bits per heavy atom. The van der Waals surface area contributed by atoms with Crippen molar-refractivity contribution in [2.75, 3.05) is 52.6 Å². The Morgan fingerprint density at radius 1 is 0.867 bits per heavy atom. The normalized spacial score (nSPS) is 26.0.